The van der Waals surface area contributed by atoms with Crippen molar-refractivity contribution in [2.45, 2.75) is 26.7 Å². The zero-order valence-corrected chi connectivity index (χ0v) is 10.1. The molecule has 0 aliphatic rings. The van der Waals surface area contributed by atoms with Crippen LogP contribution in [0.15, 0.2) is 24.3 Å². The maximum Gasteiger partial charge on any atom is 0.303 e. The lowest BCUT2D eigenvalue weighted by Gasteiger charge is -2.11. The first-order valence-corrected chi connectivity index (χ1v) is 5.61. The van der Waals surface area contributed by atoms with Gasteiger partial charge in [-0.1, -0.05) is 32.0 Å². The van der Waals surface area contributed by atoms with Crippen LogP contribution in [0.25, 0.3) is 0 Å². The van der Waals surface area contributed by atoms with E-state index in [2.05, 4.69) is 5.32 Å². The molecular formula is C13H17NO3. The van der Waals surface area contributed by atoms with Crippen LogP contribution in [0.2, 0.25) is 0 Å². The van der Waals surface area contributed by atoms with E-state index in [0.29, 0.717) is 12.1 Å². The van der Waals surface area contributed by atoms with Gasteiger partial charge >= 0.3 is 5.97 Å². The third-order valence-corrected chi connectivity index (χ3v) is 2.41. The fraction of sp³-hybridized carbons (Fsp3) is 0.385. The summed E-state index contributed by atoms with van der Waals surface area (Å²) in [6, 6.07) is 7.28. The van der Waals surface area contributed by atoms with Crippen molar-refractivity contribution in [3.05, 3.63) is 29.8 Å². The molecule has 0 heterocycles. The highest BCUT2D eigenvalue weighted by Gasteiger charge is 2.10. The van der Waals surface area contributed by atoms with Gasteiger partial charge in [-0.15, -0.1) is 0 Å². The van der Waals surface area contributed by atoms with Crippen molar-refractivity contribution in [2.24, 2.45) is 5.92 Å². The number of benzene rings is 1. The lowest BCUT2D eigenvalue weighted by molar-refractivity contribution is -0.136. The van der Waals surface area contributed by atoms with Crippen molar-refractivity contribution in [1.29, 1.82) is 0 Å². The lowest BCUT2D eigenvalue weighted by atomic mass is 10.1. The second kappa shape index (κ2) is 6.03. The fourth-order valence-electron chi connectivity index (χ4n) is 1.38. The maximum atomic E-state index is 11.6. The molecule has 0 saturated carbocycles. The second-order valence-electron chi connectivity index (χ2n) is 4.19. The molecular weight excluding hydrogens is 218 g/mol. The molecule has 1 rings (SSSR count). The molecule has 0 spiro atoms. The van der Waals surface area contributed by atoms with Crippen LogP contribution in [0.1, 0.15) is 25.8 Å². The number of anilines is 1. The van der Waals surface area contributed by atoms with Gasteiger partial charge in [0.15, 0.2) is 0 Å². The smallest absolute Gasteiger partial charge is 0.303 e. The average molecular weight is 235 g/mol. The van der Waals surface area contributed by atoms with Crippen LogP contribution in [-0.2, 0) is 16.0 Å². The molecule has 1 aromatic rings. The summed E-state index contributed by atoms with van der Waals surface area (Å²) in [5.41, 5.74) is 1.55. The molecule has 1 aromatic carbocycles. The van der Waals surface area contributed by atoms with E-state index < -0.39 is 5.97 Å². The minimum atomic E-state index is -0.838. The van der Waals surface area contributed by atoms with Gasteiger partial charge in [0.05, 0.1) is 0 Å². The molecule has 92 valence electrons. The summed E-state index contributed by atoms with van der Waals surface area (Å²) in [5.74, 6) is -0.995. The highest BCUT2D eigenvalue weighted by atomic mass is 16.4. The zero-order chi connectivity index (χ0) is 12.8. The summed E-state index contributed by atoms with van der Waals surface area (Å²) in [7, 11) is 0. The van der Waals surface area contributed by atoms with E-state index in [9.17, 15) is 9.59 Å². The molecule has 0 saturated heterocycles. The fourth-order valence-corrected chi connectivity index (χ4v) is 1.38. The third kappa shape index (κ3) is 4.26. The predicted molar refractivity (Wildman–Crippen MR) is 65.9 cm³/mol. The SMILES string of the molecule is CC(C)C(=O)Nc1ccccc1CCC(=O)O. The van der Waals surface area contributed by atoms with Crippen LogP contribution in [0.3, 0.4) is 0 Å². The molecule has 0 unspecified atom stereocenters. The van der Waals surface area contributed by atoms with Gasteiger partial charge in [0, 0.05) is 18.0 Å². The standard InChI is InChI=1S/C13H17NO3/c1-9(2)13(17)14-11-6-4-3-5-10(11)7-8-12(15)16/h3-6,9H,7-8H2,1-2H3,(H,14,17)(H,15,16). The van der Waals surface area contributed by atoms with Gasteiger partial charge in [0.1, 0.15) is 0 Å². The van der Waals surface area contributed by atoms with Crippen LogP contribution in [0.4, 0.5) is 5.69 Å². The number of aryl methyl sites for hydroxylation is 1. The van der Waals surface area contributed by atoms with E-state index in [1.807, 2.05) is 32.0 Å². The molecule has 4 heteroatoms. The number of carbonyl (C=O) groups is 2. The summed E-state index contributed by atoms with van der Waals surface area (Å²) in [4.78, 5) is 22.1. The van der Waals surface area contributed by atoms with Crippen molar-refractivity contribution in [3.8, 4) is 0 Å². The van der Waals surface area contributed by atoms with Gasteiger partial charge in [-0.3, -0.25) is 9.59 Å². The van der Waals surface area contributed by atoms with E-state index in [4.69, 9.17) is 5.11 Å². The van der Waals surface area contributed by atoms with Crippen LogP contribution in [0.5, 0.6) is 0 Å². The van der Waals surface area contributed by atoms with E-state index in [-0.39, 0.29) is 18.2 Å². The molecule has 17 heavy (non-hydrogen) atoms. The first-order chi connectivity index (χ1) is 8.00. The molecule has 2 N–H and O–H groups in total. The third-order valence-electron chi connectivity index (χ3n) is 2.41. The number of amides is 1. The van der Waals surface area contributed by atoms with E-state index >= 15 is 0 Å². The van der Waals surface area contributed by atoms with Crippen molar-refractivity contribution < 1.29 is 14.7 Å². The number of hydrogen-bond acceptors (Lipinski definition) is 2. The molecule has 0 bridgehead atoms. The Morgan fingerprint density at radius 3 is 2.53 bits per heavy atom. The second-order valence-corrected chi connectivity index (χ2v) is 4.19. The first-order valence-electron chi connectivity index (χ1n) is 5.61. The molecule has 0 aliphatic carbocycles. The van der Waals surface area contributed by atoms with Crippen molar-refractivity contribution >= 4 is 17.6 Å². The minimum absolute atomic E-state index is 0.0622. The Labute approximate surface area is 101 Å². The average Bonchev–Trinajstić information content (AvgIpc) is 2.27. The van der Waals surface area contributed by atoms with E-state index in [1.165, 1.54) is 0 Å². The monoisotopic (exact) mass is 235 g/mol. The Morgan fingerprint density at radius 1 is 1.29 bits per heavy atom. The number of carbonyl (C=O) groups excluding carboxylic acids is 1. The quantitative estimate of drug-likeness (QED) is 0.822. The Bertz CT molecular complexity index is 413. The Kier molecular flexibility index (Phi) is 4.69. The summed E-state index contributed by atoms with van der Waals surface area (Å²) in [6.07, 6.45) is 0.485. The molecule has 0 aromatic heterocycles. The molecule has 4 nitrogen and oxygen atoms in total. The van der Waals surface area contributed by atoms with Crippen molar-refractivity contribution in [1.82, 2.24) is 0 Å². The minimum Gasteiger partial charge on any atom is -0.481 e. The number of aliphatic carboxylic acids is 1. The van der Waals surface area contributed by atoms with Gasteiger partial charge in [-0.05, 0) is 18.1 Å². The van der Waals surface area contributed by atoms with Crippen LogP contribution >= 0.6 is 0 Å². The molecule has 0 radical (unpaired) electrons. The topological polar surface area (TPSA) is 66.4 Å². The van der Waals surface area contributed by atoms with Crippen LogP contribution in [-0.4, -0.2) is 17.0 Å². The van der Waals surface area contributed by atoms with Gasteiger partial charge in [-0.25, -0.2) is 0 Å². The Hall–Kier alpha value is -1.84. The summed E-state index contributed by atoms with van der Waals surface area (Å²) in [5, 5.41) is 11.5. The largest absolute Gasteiger partial charge is 0.481 e. The van der Waals surface area contributed by atoms with Gasteiger partial charge in [-0.2, -0.15) is 0 Å². The predicted octanol–water partition coefficient (Wildman–Crippen LogP) is 2.30. The van der Waals surface area contributed by atoms with Gasteiger partial charge < -0.3 is 10.4 Å². The number of hydrogen-bond donors (Lipinski definition) is 2. The summed E-state index contributed by atoms with van der Waals surface area (Å²) >= 11 is 0. The highest BCUT2D eigenvalue weighted by molar-refractivity contribution is 5.92. The zero-order valence-electron chi connectivity index (χ0n) is 10.1. The van der Waals surface area contributed by atoms with Crippen LogP contribution < -0.4 is 5.32 Å². The Morgan fingerprint density at radius 2 is 1.94 bits per heavy atom. The van der Waals surface area contributed by atoms with Gasteiger partial charge in [0.2, 0.25) is 5.91 Å². The molecule has 1 amide bonds. The molecule has 0 aliphatic heterocycles. The molecule has 0 atom stereocenters. The van der Waals surface area contributed by atoms with E-state index in [0.717, 1.165) is 5.56 Å². The summed E-state index contributed by atoms with van der Waals surface area (Å²) in [6.45, 7) is 3.63. The number of carboxylic acid groups (broad SMARTS) is 1. The number of nitrogens with one attached hydrogen (secondary N) is 1. The molecule has 0 fully saturated rings. The van der Waals surface area contributed by atoms with E-state index in [1.54, 1.807) is 6.07 Å². The van der Waals surface area contributed by atoms with Crippen LogP contribution in [0, 0.1) is 5.92 Å². The van der Waals surface area contributed by atoms with Crippen molar-refractivity contribution in [2.75, 3.05) is 5.32 Å². The highest BCUT2D eigenvalue weighted by Crippen LogP contribution is 2.17. The van der Waals surface area contributed by atoms with Crippen molar-refractivity contribution in [3.63, 3.8) is 0 Å². The number of para-hydroxylation sites is 1. The van der Waals surface area contributed by atoms with Gasteiger partial charge in [0.25, 0.3) is 0 Å². The lowest BCUT2D eigenvalue weighted by Crippen LogP contribution is -2.18. The summed E-state index contributed by atoms with van der Waals surface area (Å²) < 4.78 is 0. The number of rotatable bonds is 5. The first kappa shape index (κ1) is 13.2. The normalized spacial score (nSPS) is 10.3. The maximum absolute atomic E-state index is 11.6. The Balaban J connectivity index is 2.77. The number of carboxylic acids is 1.